The predicted octanol–water partition coefficient (Wildman–Crippen LogP) is 2.91. The number of aromatic nitrogens is 1. The van der Waals surface area contributed by atoms with Crippen LogP contribution in [-0.4, -0.2) is 90.5 Å². The van der Waals surface area contributed by atoms with Crippen LogP contribution in [0.4, 0.5) is 4.39 Å². The molecule has 2 saturated heterocycles. The number of halogens is 1. The number of piperazine rings is 1. The normalized spacial score (nSPS) is 17.2. The van der Waals surface area contributed by atoms with Gasteiger partial charge in [0.25, 0.3) is 0 Å². The van der Waals surface area contributed by atoms with Crippen LogP contribution < -0.4 is 0 Å². The molecule has 0 bridgehead atoms. The van der Waals surface area contributed by atoms with Crippen molar-refractivity contribution in [3.8, 4) is 11.3 Å². The molecular formula is C27H31FN4O3. The first-order valence-corrected chi connectivity index (χ1v) is 12.3. The molecule has 0 atom stereocenters. The number of nitrogens with zero attached hydrogens (tertiary/aromatic N) is 3. The minimum Gasteiger partial charge on any atom is -0.379 e. The topological polar surface area (TPSA) is 68.9 Å². The van der Waals surface area contributed by atoms with Crippen LogP contribution in [0, 0.1) is 5.82 Å². The van der Waals surface area contributed by atoms with Gasteiger partial charge >= 0.3 is 0 Å². The highest BCUT2D eigenvalue weighted by molar-refractivity contribution is 5.91. The predicted molar refractivity (Wildman–Crippen MR) is 132 cm³/mol. The van der Waals surface area contributed by atoms with Gasteiger partial charge in [0, 0.05) is 62.3 Å². The summed E-state index contributed by atoms with van der Waals surface area (Å²) in [5, 5.41) is 0.815. The summed E-state index contributed by atoms with van der Waals surface area (Å²) in [5.41, 5.74) is 3.76. The standard InChI is InChI=1S/C27H31FN4O3/c28-21-6-8-24-23(18-21)22(27(29-24)20-4-2-1-3-5-20)7-9-25(33)31-10-12-32(13-11-31)26(34)19-30-14-16-35-17-15-30/h1-6,8,18,29H,7,9-17,19H2. The van der Waals surface area contributed by atoms with Gasteiger partial charge in [0.05, 0.1) is 19.8 Å². The van der Waals surface area contributed by atoms with E-state index in [1.54, 1.807) is 6.07 Å². The molecule has 0 aliphatic carbocycles. The molecule has 2 aromatic carbocycles. The number of aromatic amines is 1. The van der Waals surface area contributed by atoms with Gasteiger partial charge in [0.1, 0.15) is 5.82 Å². The number of aryl methyl sites for hydroxylation is 1. The van der Waals surface area contributed by atoms with Crippen molar-refractivity contribution in [2.24, 2.45) is 0 Å². The fourth-order valence-electron chi connectivity index (χ4n) is 4.98. The molecule has 3 aromatic rings. The summed E-state index contributed by atoms with van der Waals surface area (Å²) >= 11 is 0. The molecule has 184 valence electrons. The van der Waals surface area contributed by atoms with Gasteiger partial charge in [0.2, 0.25) is 11.8 Å². The van der Waals surface area contributed by atoms with E-state index in [1.807, 2.05) is 40.1 Å². The average Bonchev–Trinajstić information content (AvgIpc) is 3.26. The Labute approximate surface area is 204 Å². The molecule has 0 radical (unpaired) electrons. The van der Waals surface area contributed by atoms with Crippen LogP contribution in [-0.2, 0) is 20.7 Å². The van der Waals surface area contributed by atoms with E-state index in [0.29, 0.717) is 58.8 Å². The number of fused-ring (bicyclic) bond motifs is 1. The Morgan fingerprint density at radius 3 is 2.29 bits per heavy atom. The van der Waals surface area contributed by atoms with Crippen LogP contribution in [0.3, 0.4) is 0 Å². The quantitative estimate of drug-likeness (QED) is 0.592. The Morgan fingerprint density at radius 1 is 0.886 bits per heavy atom. The van der Waals surface area contributed by atoms with Crippen LogP contribution in [0.25, 0.3) is 22.2 Å². The molecule has 35 heavy (non-hydrogen) atoms. The van der Waals surface area contributed by atoms with Gasteiger partial charge in [-0.3, -0.25) is 14.5 Å². The number of morpholine rings is 1. The lowest BCUT2D eigenvalue weighted by Crippen LogP contribution is -2.53. The lowest BCUT2D eigenvalue weighted by atomic mass is 10.0. The second-order valence-corrected chi connectivity index (χ2v) is 9.18. The first-order valence-electron chi connectivity index (χ1n) is 12.3. The maximum absolute atomic E-state index is 14.0. The molecule has 3 heterocycles. The van der Waals surface area contributed by atoms with Crippen LogP contribution >= 0.6 is 0 Å². The third-order valence-electron chi connectivity index (χ3n) is 6.97. The smallest absolute Gasteiger partial charge is 0.236 e. The summed E-state index contributed by atoms with van der Waals surface area (Å²) < 4.78 is 19.4. The number of rotatable bonds is 6. The van der Waals surface area contributed by atoms with Gasteiger partial charge in [-0.05, 0) is 35.7 Å². The number of nitrogens with one attached hydrogen (secondary N) is 1. The highest BCUT2D eigenvalue weighted by Gasteiger charge is 2.26. The lowest BCUT2D eigenvalue weighted by Gasteiger charge is -2.36. The van der Waals surface area contributed by atoms with Crippen LogP contribution in [0.1, 0.15) is 12.0 Å². The Balaban J connectivity index is 1.21. The average molecular weight is 479 g/mol. The Kier molecular flexibility index (Phi) is 7.11. The molecule has 0 spiro atoms. The molecule has 1 aromatic heterocycles. The monoisotopic (exact) mass is 478 g/mol. The van der Waals surface area contributed by atoms with E-state index in [1.165, 1.54) is 12.1 Å². The summed E-state index contributed by atoms with van der Waals surface area (Å²) in [4.78, 5) is 34.9. The summed E-state index contributed by atoms with van der Waals surface area (Å²) in [5.74, 6) is -0.107. The number of hydrogen-bond acceptors (Lipinski definition) is 4. The van der Waals surface area contributed by atoms with Crippen molar-refractivity contribution in [3.05, 3.63) is 59.9 Å². The Morgan fingerprint density at radius 2 is 1.57 bits per heavy atom. The molecule has 2 aliphatic rings. The van der Waals surface area contributed by atoms with E-state index >= 15 is 0 Å². The van der Waals surface area contributed by atoms with Crippen molar-refractivity contribution in [1.82, 2.24) is 19.7 Å². The SMILES string of the molecule is O=C(CCc1c(-c2ccccc2)[nH]c2ccc(F)cc12)N1CCN(C(=O)CN2CCOCC2)CC1. The number of H-pyrrole nitrogens is 1. The van der Waals surface area contributed by atoms with Gasteiger partial charge in [-0.2, -0.15) is 0 Å². The van der Waals surface area contributed by atoms with E-state index in [-0.39, 0.29) is 17.6 Å². The van der Waals surface area contributed by atoms with E-state index in [2.05, 4.69) is 9.88 Å². The maximum Gasteiger partial charge on any atom is 0.236 e. The second kappa shape index (κ2) is 10.6. The molecule has 2 amide bonds. The maximum atomic E-state index is 14.0. The fourth-order valence-corrected chi connectivity index (χ4v) is 4.98. The summed E-state index contributed by atoms with van der Waals surface area (Å²) in [6, 6.07) is 14.7. The van der Waals surface area contributed by atoms with Gasteiger partial charge in [-0.1, -0.05) is 30.3 Å². The minimum absolute atomic E-state index is 0.0649. The van der Waals surface area contributed by atoms with Gasteiger partial charge in [-0.15, -0.1) is 0 Å². The lowest BCUT2D eigenvalue weighted by molar-refractivity contribution is -0.140. The summed E-state index contributed by atoms with van der Waals surface area (Å²) in [6.45, 7) is 5.53. The van der Waals surface area contributed by atoms with Crippen molar-refractivity contribution in [2.45, 2.75) is 12.8 Å². The molecule has 8 heteroatoms. The molecule has 2 fully saturated rings. The first kappa shape index (κ1) is 23.5. The van der Waals surface area contributed by atoms with Crippen molar-refractivity contribution in [1.29, 1.82) is 0 Å². The van der Waals surface area contributed by atoms with Crippen molar-refractivity contribution >= 4 is 22.7 Å². The number of carbonyl (C=O) groups is 2. The van der Waals surface area contributed by atoms with E-state index < -0.39 is 0 Å². The van der Waals surface area contributed by atoms with E-state index in [4.69, 9.17) is 4.74 Å². The zero-order valence-electron chi connectivity index (χ0n) is 19.8. The van der Waals surface area contributed by atoms with Crippen LogP contribution in [0.5, 0.6) is 0 Å². The number of ether oxygens (including phenoxy) is 1. The van der Waals surface area contributed by atoms with Crippen molar-refractivity contribution in [2.75, 3.05) is 59.0 Å². The summed E-state index contributed by atoms with van der Waals surface area (Å²) in [6.07, 6.45) is 0.855. The third-order valence-corrected chi connectivity index (χ3v) is 6.97. The highest BCUT2D eigenvalue weighted by Crippen LogP contribution is 2.32. The largest absolute Gasteiger partial charge is 0.379 e. The number of carbonyl (C=O) groups excluding carboxylic acids is 2. The van der Waals surface area contributed by atoms with Crippen molar-refractivity contribution in [3.63, 3.8) is 0 Å². The molecule has 7 nitrogen and oxygen atoms in total. The number of benzene rings is 2. The van der Waals surface area contributed by atoms with Gasteiger partial charge < -0.3 is 19.5 Å². The minimum atomic E-state index is -0.290. The van der Waals surface area contributed by atoms with Crippen molar-refractivity contribution < 1.29 is 18.7 Å². The molecule has 0 unspecified atom stereocenters. The van der Waals surface area contributed by atoms with Crippen LogP contribution in [0.15, 0.2) is 48.5 Å². The Bertz CT molecular complexity index is 1180. The second-order valence-electron chi connectivity index (χ2n) is 9.18. The highest BCUT2D eigenvalue weighted by atomic mass is 19.1. The van der Waals surface area contributed by atoms with Gasteiger partial charge in [-0.25, -0.2) is 4.39 Å². The van der Waals surface area contributed by atoms with E-state index in [9.17, 15) is 14.0 Å². The van der Waals surface area contributed by atoms with Gasteiger partial charge in [0.15, 0.2) is 0 Å². The first-order chi connectivity index (χ1) is 17.1. The van der Waals surface area contributed by atoms with Crippen LogP contribution in [0.2, 0.25) is 0 Å². The third kappa shape index (κ3) is 5.39. The molecule has 5 rings (SSSR count). The zero-order valence-corrected chi connectivity index (χ0v) is 19.8. The number of amides is 2. The molecular weight excluding hydrogens is 447 g/mol. The van der Waals surface area contributed by atoms with E-state index in [0.717, 1.165) is 40.8 Å². The zero-order chi connectivity index (χ0) is 24.2. The molecule has 1 N–H and O–H groups in total. The summed E-state index contributed by atoms with van der Waals surface area (Å²) in [7, 11) is 0. The molecule has 0 saturated carbocycles. The number of hydrogen-bond donors (Lipinski definition) is 1. The Hall–Kier alpha value is -3.23. The molecule has 2 aliphatic heterocycles. The fraction of sp³-hybridized carbons (Fsp3) is 0.407.